The number of aryl methyl sites for hydroxylation is 1. The number of hydrogen-bond acceptors (Lipinski definition) is 6. The van der Waals surface area contributed by atoms with Gasteiger partial charge in [-0.05, 0) is 19.1 Å². The molecule has 0 aliphatic carbocycles. The summed E-state index contributed by atoms with van der Waals surface area (Å²) in [4.78, 5) is 38.5. The van der Waals surface area contributed by atoms with E-state index in [1.165, 1.54) is 30.0 Å². The van der Waals surface area contributed by atoms with Crippen molar-refractivity contribution in [3.63, 3.8) is 0 Å². The number of pyridine rings is 1. The summed E-state index contributed by atoms with van der Waals surface area (Å²) in [6.07, 6.45) is 1.26. The lowest BCUT2D eigenvalue weighted by Gasteiger charge is -2.39. The van der Waals surface area contributed by atoms with Crippen LogP contribution in [0.3, 0.4) is 0 Å². The number of benzene rings is 1. The second-order valence-corrected chi connectivity index (χ2v) is 6.97. The molecule has 0 unspecified atom stereocenters. The Bertz CT molecular complexity index is 1190. The maximum atomic E-state index is 13.0. The van der Waals surface area contributed by atoms with Crippen molar-refractivity contribution in [2.75, 3.05) is 20.2 Å². The van der Waals surface area contributed by atoms with Crippen LogP contribution in [0.4, 0.5) is 0 Å². The van der Waals surface area contributed by atoms with Crippen LogP contribution in [0.15, 0.2) is 68.7 Å². The van der Waals surface area contributed by atoms with Gasteiger partial charge in [0.1, 0.15) is 23.4 Å². The Morgan fingerprint density at radius 2 is 1.83 bits per heavy atom. The molecule has 0 atom stereocenters. The average Bonchev–Trinajstić information content (AvgIpc) is 2.69. The average molecular weight is 408 g/mol. The topological polar surface area (TPSA) is 91.0 Å². The zero-order valence-electron chi connectivity index (χ0n) is 16.5. The molecule has 4 rings (SSSR count). The van der Waals surface area contributed by atoms with Gasteiger partial charge in [0.05, 0.1) is 31.8 Å². The van der Waals surface area contributed by atoms with Gasteiger partial charge in [-0.15, -0.1) is 0 Å². The van der Waals surface area contributed by atoms with Crippen molar-refractivity contribution in [1.82, 2.24) is 9.47 Å². The Balaban J connectivity index is 1.52. The Morgan fingerprint density at radius 1 is 1.10 bits per heavy atom. The van der Waals surface area contributed by atoms with E-state index < -0.39 is 5.63 Å². The first-order valence-electron chi connectivity index (χ1n) is 9.38. The van der Waals surface area contributed by atoms with Crippen LogP contribution in [0.25, 0.3) is 5.69 Å². The minimum Gasteiger partial charge on any atom is -0.496 e. The Labute approximate surface area is 171 Å². The molecule has 0 N–H and O–H groups in total. The third-order valence-electron chi connectivity index (χ3n) is 4.81. The largest absolute Gasteiger partial charge is 0.496 e. The SMILES string of the molecule is COc1cc(=O)n(-c2ccccc2)cc1C(=O)N1CC(Oc2cc(C)oc(=O)c2)C1. The molecule has 1 amide bonds. The van der Waals surface area contributed by atoms with E-state index in [0.717, 1.165) is 0 Å². The van der Waals surface area contributed by atoms with Gasteiger partial charge >= 0.3 is 5.63 Å². The number of amides is 1. The maximum absolute atomic E-state index is 13.0. The molecule has 0 spiro atoms. The van der Waals surface area contributed by atoms with Gasteiger partial charge in [0, 0.05) is 24.0 Å². The molecule has 1 aromatic carbocycles. The van der Waals surface area contributed by atoms with E-state index in [2.05, 4.69) is 0 Å². The highest BCUT2D eigenvalue weighted by Crippen LogP contribution is 2.24. The van der Waals surface area contributed by atoms with Gasteiger partial charge in [-0.25, -0.2) is 4.79 Å². The van der Waals surface area contributed by atoms with Crippen LogP contribution in [0.2, 0.25) is 0 Å². The minimum absolute atomic E-state index is 0.220. The number of aromatic nitrogens is 1. The van der Waals surface area contributed by atoms with Crippen LogP contribution in [-0.4, -0.2) is 41.7 Å². The number of nitrogens with zero attached hydrogens (tertiary/aromatic N) is 2. The van der Waals surface area contributed by atoms with Crippen LogP contribution < -0.4 is 20.7 Å². The quantitative estimate of drug-likeness (QED) is 0.642. The van der Waals surface area contributed by atoms with E-state index >= 15 is 0 Å². The highest BCUT2D eigenvalue weighted by atomic mass is 16.5. The summed E-state index contributed by atoms with van der Waals surface area (Å²) in [6.45, 7) is 2.37. The first kappa shape index (κ1) is 19.5. The van der Waals surface area contributed by atoms with Crippen molar-refractivity contribution < 1.29 is 18.7 Å². The fraction of sp³-hybridized carbons (Fsp3) is 0.227. The second-order valence-electron chi connectivity index (χ2n) is 6.97. The van der Waals surface area contributed by atoms with E-state index in [-0.39, 0.29) is 28.9 Å². The predicted molar refractivity (Wildman–Crippen MR) is 109 cm³/mol. The van der Waals surface area contributed by atoms with E-state index in [0.29, 0.717) is 30.3 Å². The Morgan fingerprint density at radius 3 is 2.50 bits per heavy atom. The molecule has 1 saturated heterocycles. The minimum atomic E-state index is -0.481. The van der Waals surface area contributed by atoms with Crippen molar-refractivity contribution in [3.05, 3.63) is 86.8 Å². The summed E-state index contributed by atoms with van der Waals surface area (Å²) in [7, 11) is 1.42. The fourth-order valence-corrected chi connectivity index (χ4v) is 3.32. The first-order valence-corrected chi connectivity index (χ1v) is 9.38. The number of hydrogen-bond donors (Lipinski definition) is 0. The highest BCUT2D eigenvalue weighted by Gasteiger charge is 2.34. The summed E-state index contributed by atoms with van der Waals surface area (Å²) in [5.41, 5.74) is 0.167. The summed E-state index contributed by atoms with van der Waals surface area (Å²) in [5.74, 6) is 0.826. The lowest BCUT2D eigenvalue weighted by molar-refractivity contribution is 0.0172. The summed E-state index contributed by atoms with van der Waals surface area (Å²) in [6, 6.07) is 13.3. The Hall–Kier alpha value is -3.81. The smallest absolute Gasteiger partial charge is 0.339 e. The van der Waals surface area contributed by atoms with Gasteiger partial charge in [-0.1, -0.05) is 18.2 Å². The van der Waals surface area contributed by atoms with Crippen molar-refractivity contribution in [3.8, 4) is 17.2 Å². The molecule has 0 radical (unpaired) electrons. The number of likely N-dealkylation sites (tertiary alicyclic amines) is 1. The number of rotatable bonds is 5. The fourth-order valence-electron chi connectivity index (χ4n) is 3.32. The molecule has 8 nitrogen and oxygen atoms in total. The molecule has 8 heteroatoms. The number of carbonyl (C=O) groups excluding carboxylic acids is 1. The lowest BCUT2D eigenvalue weighted by atomic mass is 10.1. The van der Waals surface area contributed by atoms with Crippen LogP contribution >= 0.6 is 0 Å². The van der Waals surface area contributed by atoms with E-state index in [4.69, 9.17) is 13.9 Å². The summed E-state index contributed by atoms with van der Waals surface area (Å²) >= 11 is 0. The van der Waals surface area contributed by atoms with E-state index in [9.17, 15) is 14.4 Å². The third kappa shape index (κ3) is 3.84. The molecular formula is C22H20N2O6. The molecule has 0 saturated carbocycles. The maximum Gasteiger partial charge on any atom is 0.339 e. The number of carbonyl (C=O) groups is 1. The highest BCUT2D eigenvalue weighted by molar-refractivity contribution is 5.97. The molecule has 30 heavy (non-hydrogen) atoms. The molecule has 3 heterocycles. The van der Waals surface area contributed by atoms with E-state index in [1.807, 2.05) is 18.2 Å². The summed E-state index contributed by atoms with van der Waals surface area (Å²) < 4.78 is 17.3. The molecule has 154 valence electrons. The van der Waals surface area contributed by atoms with Crippen LogP contribution in [0.5, 0.6) is 11.5 Å². The van der Waals surface area contributed by atoms with Crippen molar-refractivity contribution >= 4 is 5.91 Å². The molecule has 2 aromatic heterocycles. The monoisotopic (exact) mass is 408 g/mol. The summed E-state index contributed by atoms with van der Waals surface area (Å²) in [5, 5.41) is 0. The molecule has 0 bridgehead atoms. The number of para-hydroxylation sites is 1. The van der Waals surface area contributed by atoms with Crippen molar-refractivity contribution in [1.29, 1.82) is 0 Å². The van der Waals surface area contributed by atoms with Gasteiger partial charge in [-0.3, -0.25) is 14.2 Å². The van der Waals surface area contributed by atoms with Gasteiger partial charge in [0.25, 0.3) is 11.5 Å². The van der Waals surface area contributed by atoms with Crippen molar-refractivity contribution in [2.24, 2.45) is 0 Å². The predicted octanol–water partition coefficient (Wildman–Crippen LogP) is 2.01. The van der Waals surface area contributed by atoms with E-state index in [1.54, 1.807) is 30.0 Å². The number of ether oxygens (including phenoxy) is 2. The standard InChI is InChI=1S/C22H20N2O6/c1-14-8-16(9-21(26)29-14)30-17-11-23(12-17)22(27)18-13-24(15-6-4-3-5-7-15)20(25)10-19(18)28-2/h3-10,13,17H,11-12H2,1-2H3. The second kappa shape index (κ2) is 7.90. The van der Waals surface area contributed by atoms with Crippen LogP contribution in [0, 0.1) is 6.92 Å². The molecule has 1 aliphatic heterocycles. The van der Waals surface area contributed by atoms with Gasteiger partial charge < -0.3 is 18.8 Å². The van der Waals surface area contributed by atoms with Crippen LogP contribution in [0.1, 0.15) is 16.1 Å². The van der Waals surface area contributed by atoms with Crippen LogP contribution in [-0.2, 0) is 0 Å². The molecule has 3 aromatic rings. The van der Waals surface area contributed by atoms with Crippen molar-refractivity contribution in [2.45, 2.75) is 13.0 Å². The molecular weight excluding hydrogens is 388 g/mol. The Kier molecular flexibility index (Phi) is 5.14. The normalized spacial score (nSPS) is 13.6. The molecule has 1 fully saturated rings. The van der Waals surface area contributed by atoms with Gasteiger partial charge in [-0.2, -0.15) is 0 Å². The molecule has 1 aliphatic rings. The van der Waals surface area contributed by atoms with Gasteiger partial charge in [0.2, 0.25) is 0 Å². The first-order chi connectivity index (χ1) is 14.4. The van der Waals surface area contributed by atoms with Gasteiger partial charge in [0.15, 0.2) is 0 Å². The number of methoxy groups -OCH3 is 1. The third-order valence-corrected chi connectivity index (χ3v) is 4.81. The lowest BCUT2D eigenvalue weighted by Crippen LogP contribution is -2.56. The zero-order chi connectivity index (χ0) is 21.3. The zero-order valence-corrected chi connectivity index (χ0v) is 16.5.